The van der Waals surface area contributed by atoms with Gasteiger partial charge in [0.05, 0.1) is 18.4 Å². The Labute approximate surface area is 63.6 Å². The zero-order valence-electron chi connectivity index (χ0n) is 5.86. The summed E-state index contributed by atoms with van der Waals surface area (Å²) in [7, 11) is 0. The summed E-state index contributed by atoms with van der Waals surface area (Å²) in [5, 5.41) is 8.59. The average Bonchev–Trinajstić information content (AvgIpc) is 2.60. The molecule has 0 amide bonds. The van der Waals surface area contributed by atoms with E-state index in [-0.39, 0.29) is 11.8 Å². The highest BCUT2D eigenvalue weighted by Gasteiger charge is 2.44. The molecule has 2 rings (SSSR count). The molecule has 1 aliphatic rings. The van der Waals surface area contributed by atoms with Gasteiger partial charge in [-0.05, 0) is 18.1 Å². The van der Waals surface area contributed by atoms with Crippen molar-refractivity contribution in [3.05, 3.63) is 24.2 Å². The van der Waals surface area contributed by atoms with Crippen LogP contribution in [0.2, 0.25) is 0 Å². The molecule has 0 spiro atoms. The molecule has 1 saturated carbocycles. The minimum atomic E-state index is -0.698. The van der Waals surface area contributed by atoms with E-state index in [1.54, 1.807) is 12.5 Å². The summed E-state index contributed by atoms with van der Waals surface area (Å²) in [5.74, 6) is -0.671. The highest BCUT2D eigenvalue weighted by Crippen LogP contribution is 2.47. The van der Waals surface area contributed by atoms with Crippen molar-refractivity contribution in [1.82, 2.24) is 0 Å². The molecule has 11 heavy (non-hydrogen) atoms. The lowest BCUT2D eigenvalue weighted by Gasteiger charge is -1.88. The second-order valence-corrected chi connectivity index (χ2v) is 2.84. The van der Waals surface area contributed by atoms with Gasteiger partial charge in [-0.15, -0.1) is 0 Å². The number of hydrogen-bond donors (Lipinski definition) is 1. The van der Waals surface area contributed by atoms with E-state index in [9.17, 15) is 4.79 Å². The van der Waals surface area contributed by atoms with Crippen molar-refractivity contribution < 1.29 is 14.3 Å². The first-order valence-electron chi connectivity index (χ1n) is 3.54. The molecule has 1 N–H and O–H groups in total. The molecule has 0 aromatic carbocycles. The zero-order valence-corrected chi connectivity index (χ0v) is 5.86. The van der Waals surface area contributed by atoms with Crippen molar-refractivity contribution in [3.8, 4) is 0 Å². The van der Waals surface area contributed by atoms with Crippen molar-refractivity contribution >= 4 is 5.97 Å². The van der Waals surface area contributed by atoms with Crippen LogP contribution in [-0.4, -0.2) is 11.1 Å². The van der Waals surface area contributed by atoms with Gasteiger partial charge in [0.1, 0.15) is 0 Å². The van der Waals surface area contributed by atoms with Gasteiger partial charge in [-0.3, -0.25) is 4.79 Å². The maximum atomic E-state index is 10.4. The summed E-state index contributed by atoms with van der Waals surface area (Å²) >= 11 is 0. The second-order valence-electron chi connectivity index (χ2n) is 2.84. The van der Waals surface area contributed by atoms with Gasteiger partial charge in [-0.25, -0.2) is 0 Å². The van der Waals surface area contributed by atoms with E-state index < -0.39 is 5.97 Å². The third kappa shape index (κ3) is 1.02. The summed E-state index contributed by atoms with van der Waals surface area (Å²) in [6.07, 6.45) is 3.95. The van der Waals surface area contributed by atoms with Crippen LogP contribution in [0.5, 0.6) is 0 Å². The van der Waals surface area contributed by atoms with E-state index >= 15 is 0 Å². The first-order chi connectivity index (χ1) is 5.29. The number of carboxylic acid groups (broad SMARTS) is 1. The van der Waals surface area contributed by atoms with Gasteiger partial charge in [-0.2, -0.15) is 0 Å². The number of furan rings is 1. The van der Waals surface area contributed by atoms with E-state index in [1.807, 2.05) is 6.07 Å². The predicted octanol–water partition coefficient (Wildman–Crippen LogP) is 1.47. The van der Waals surface area contributed by atoms with Gasteiger partial charge < -0.3 is 9.52 Å². The van der Waals surface area contributed by atoms with Gasteiger partial charge >= 0.3 is 5.97 Å². The fourth-order valence-electron chi connectivity index (χ4n) is 1.32. The van der Waals surface area contributed by atoms with Crippen molar-refractivity contribution in [2.45, 2.75) is 12.3 Å². The third-order valence-electron chi connectivity index (χ3n) is 2.08. The molecule has 3 nitrogen and oxygen atoms in total. The van der Waals surface area contributed by atoms with E-state index in [0.29, 0.717) is 0 Å². The van der Waals surface area contributed by atoms with Gasteiger partial charge in [0, 0.05) is 5.92 Å². The fraction of sp³-hybridized carbons (Fsp3) is 0.375. The fourth-order valence-corrected chi connectivity index (χ4v) is 1.32. The van der Waals surface area contributed by atoms with Crippen LogP contribution < -0.4 is 0 Å². The van der Waals surface area contributed by atoms with Gasteiger partial charge in [0.15, 0.2) is 0 Å². The van der Waals surface area contributed by atoms with Gasteiger partial charge in [-0.1, -0.05) is 0 Å². The molecule has 1 heterocycles. The molecule has 1 fully saturated rings. The van der Waals surface area contributed by atoms with Crippen molar-refractivity contribution in [2.24, 2.45) is 5.92 Å². The van der Waals surface area contributed by atoms with Crippen LogP contribution in [0.15, 0.2) is 23.0 Å². The molecule has 58 valence electrons. The normalized spacial score (nSPS) is 28.4. The van der Waals surface area contributed by atoms with Gasteiger partial charge in [0.25, 0.3) is 0 Å². The Morgan fingerprint density at radius 1 is 1.73 bits per heavy atom. The van der Waals surface area contributed by atoms with Crippen molar-refractivity contribution in [1.29, 1.82) is 0 Å². The molecule has 2 atom stereocenters. The SMILES string of the molecule is O=C(O)C1CC1c1ccoc1. The zero-order chi connectivity index (χ0) is 7.84. The summed E-state index contributed by atoms with van der Waals surface area (Å²) in [5.41, 5.74) is 1.01. The van der Waals surface area contributed by atoms with E-state index in [0.717, 1.165) is 12.0 Å². The van der Waals surface area contributed by atoms with Crippen molar-refractivity contribution in [2.75, 3.05) is 0 Å². The molecule has 1 aliphatic carbocycles. The molecule has 3 heteroatoms. The molecule has 0 radical (unpaired) electrons. The standard InChI is InChI=1S/C8H8O3/c9-8(10)7-3-6(7)5-1-2-11-4-5/h1-2,4,6-7H,3H2,(H,9,10). The minimum absolute atomic E-state index is 0.174. The minimum Gasteiger partial charge on any atom is -0.481 e. The largest absolute Gasteiger partial charge is 0.481 e. The van der Waals surface area contributed by atoms with Crippen LogP contribution in [0.4, 0.5) is 0 Å². The van der Waals surface area contributed by atoms with E-state index in [1.165, 1.54) is 0 Å². The first-order valence-corrected chi connectivity index (χ1v) is 3.54. The average molecular weight is 152 g/mol. The summed E-state index contributed by atoms with van der Waals surface area (Å²) in [6.45, 7) is 0. The van der Waals surface area contributed by atoms with Crippen molar-refractivity contribution in [3.63, 3.8) is 0 Å². The Morgan fingerprint density at radius 2 is 2.55 bits per heavy atom. The first kappa shape index (κ1) is 6.46. The Morgan fingerprint density at radius 3 is 3.00 bits per heavy atom. The number of carbonyl (C=O) groups is 1. The van der Waals surface area contributed by atoms with Gasteiger partial charge in [0.2, 0.25) is 0 Å². The molecule has 1 aromatic rings. The van der Waals surface area contributed by atoms with E-state index in [2.05, 4.69) is 0 Å². The lowest BCUT2D eigenvalue weighted by molar-refractivity contribution is -0.138. The Kier molecular flexibility index (Phi) is 1.24. The highest BCUT2D eigenvalue weighted by molar-refractivity contribution is 5.75. The summed E-state index contributed by atoms with van der Waals surface area (Å²) in [6, 6.07) is 1.83. The van der Waals surface area contributed by atoms with Crippen LogP contribution in [0.1, 0.15) is 17.9 Å². The lowest BCUT2D eigenvalue weighted by Crippen LogP contribution is -1.98. The molecular formula is C8H8O3. The maximum Gasteiger partial charge on any atom is 0.307 e. The molecule has 0 bridgehead atoms. The Hall–Kier alpha value is -1.25. The molecule has 0 saturated heterocycles. The lowest BCUT2D eigenvalue weighted by atomic mass is 10.2. The van der Waals surface area contributed by atoms with Crippen LogP contribution in [0.25, 0.3) is 0 Å². The molecule has 1 aromatic heterocycles. The predicted molar refractivity (Wildman–Crippen MR) is 37.2 cm³/mol. The van der Waals surface area contributed by atoms with E-state index in [4.69, 9.17) is 9.52 Å². The molecule has 2 unspecified atom stereocenters. The van der Waals surface area contributed by atoms with Crippen LogP contribution in [-0.2, 0) is 4.79 Å². The topological polar surface area (TPSA) is 50.4 Å². The number of rotatable bonds is 2. The Bertz CT molecular complexity index is 263. The number of hydrogen-bond acceptors (Lipinski definition) is 2. The third-order valence-corrected chi connectivity index (χ3v) is 2.08. The maximum absolute atomic E-state index is 10.4. The number of carboxylic acids is 1. The van der Waals surface area contributed by atoms with Crippen LogP contribution in [0, 0.1) is 5.92 Å². The second kappa shape index (κ2) is 2.12. The smallest absolute Gasteiger partial charge is 0.307 e. The highest BCUT2D eigenvalue weighted by atomic mass is 16.4. The quantitative estimate of drug-likeness (QED) is 0.698. The van der Waals surface area contributed by atoms with Crippen LogP contribution >= 0.6 is 0 Å². The van der Waals surface area contributed by atoms with Crippen LogP contribution in [0.3, 0.4) is 0 Å². The molecular weight excluding hydrogens is 144 g/mol. The molecule has 0 aliphatic heterocycles. The summed E-state index contributed by atoms with van der Waals surface area (Å²) in [4.78, 5) is 10.4. The Balaban J connectivity index is 2.08. The number of aliphatic carboxylic acids is 1. The summed E-state index contributed by atoms with van der Waals surface area (Å²) < 4.78 is 4.85. The monoisotopic (exact) mass is 152 g/mol.